The highest BCUT2D eigenvalue weighted by Gasteiger charge is 2.12. The van der Waals surface area contributed by atoms with E-state index in [-0.39, 0.29) is 17.2 Å². The number of fused-ring (bicyclic) bond motifs is 1. The van der Waals surface area contributed by atoms with Gasteiger partial charge in [0.15, 0.2) is 5.16 Å². The largest absolute Gasteiger partial charge is 0.319 e. The molecule has 0 unspecified atom stereocenters. The zero-order chi connectivity index (χ0) is 18.5. The number of nitrogens with zero attached hydrogens (tertiary/aromatic N) is 2. The van der Waals surface area contributed by atoms with Crippen molar-refractivity contribution in [2.45, 2.75) is 18.6 Å². The maximum atomic E-state index is 12.9. The summed E-state index contributed by atoms with van der Waals surface area (Å²) in [5.41, 5.74) is 6.80. The number of carbonyl (C=O) groups is 2. The van der Waals surface area contributed by atoms with E-state index in [4.69, 9.17) is 0 Å². The number of aromatic nitrogens is 2. The summed E-state index contributed by atoms with van der Waals surface area (Å²) in [6.45, 7) is 2.76. The lowest BCUT2D eigenvalue weighted by atomic mass is 10.2. The maximum absolute atomic E-state index is 12.9. The fourth-order valence-electron chi connectivity index (χ4n) is 2.44. The Kier molecular flexibility index (Phi) is 5.52. The van der Waals surface area contributed by atoms with E-state index in [1.807, 2.05) is 35.8 Å². The van der Waals surface area contributed by atoms with Gasteiger partial charge < -0.3 is 4.57 Å². The van der Waals surface area contributed by atoms with Crippen LogP contribution >= 0.6 is 11.8 Å². The zero-order valence-corrected chi connectivity index (χ0v) is 14.8. The van der Waals surface area contributed by atoms with Crippen LogP contribution < -0.4 is 10.9 Å². The number of halogens is 1. The van der Waals surface area contributed by atoms with Gasteiger partial charge in [0.05, 0.1) is 16.8 Å². The fraction of sp³-hybridized carbons (Fsp3) is 0.167. The highest BCUT2D eigenvalue weighted by Crippen LogP contribution is 2.23. The first kappa shape index (κ1) is 17.9. The molecule has 3 rings (SSSR count). The summed E-state index contributed by atoms with van der Waals surface area (Å²) in [5, 5.41) is 0.744. The Hall–Kier alpha value is -2.87. The van der Waals surface area contributed by atoms with Crippen LogP contribution in [0.25, 0.3) is 11.0 Å². The molecule has 2 aromatic carbocycles. The van der Waals surface area contributed by atoms with Crippen LogP contribution in [0.4, 0.5) is 4.39 Å². The molecule has 0 fully saturated rings. The quantitative estimate of drug-likeness (QED) is 0.533. The smallest absolute Gasteiger partial charge is 0.269 e. The molecule has 0 aliphatic rings. The minimum Gasteiger partial charge on any atom is -0.319 e. The molecule has 1 aromatic heterocycles. The van der Waals surface area contributed by atoms with Gasteiger partial charge in [0, 0.05) is 12.1 Å². The van der Waals surface area contributed by atoms with E-state index < -0.39 is 11.7 Å². The third-order valence-electron chi connectivity index (χ3n) is 3.69. The number of nitrogens with one attached hydrogen (secondary N) is 2. The first-order valence-corrected chi connectivity index (χ1v) is 9.00. The number of carbonyl (C=O) groups excluding carboxylic acids is 2. The number of para-hydroxylation sites is 2. The standard InChI is InChI=1S/C18H17FN4O2S/c1-2-23-15-6-4-3-5-14(15)20-18(23)26-11-16(24)21-22-17(25)12-7-9-13(19)10-8-12/h3-10H,2,11H2,1H3,(H,21,24)(H,22,25). The second kappa shape index (κ2) is 8.01. The lowest BCUT2D eigenvalue weighted by Gasteiger charge is -2.08. The van der Waals surface area contributed by atoms with Crippen molar-refractivity contribution >= 4 is 34.6 Å². The molecule has 0 spiro atoms. The van der Waals surface area contributed by atoms with Gasteiger partial charge in [-0.25, -0.2) is 9.37 Å². The number of benzene rings is 2. The van der Waals surface area contributed by atoms with Gasteiger partial charge in [-0.05, 0) is 43.3 Å². The molecule has 0 atom stereocenters. The number of rotatable bonds is 5. The Morgan fingerprint density at radius 2 is 1.85 bits per heavy atom. The number of amides is 2. The molecule has 0 aliphatic heterocycles. The van der Waals surface area contributed by atoms with Crippen molar-refractivity contribution in [1.29, 1.82) is 0 Å². The van der Waals surface area contributed by atoms with Crippen molar-refractivity contribution in [3.63, 3.8) is 0 Å². The summed E-state index contributed by atoms with van der Waals surface area (Å²) in [5.74, 6) is -1.20. The molecule has 26 heavy (non-hydrogen) atoms. The first-order valence-electron chi connectivity index (χ1n) is 8.01. The molecule has 1 heterocycles. The van der Waals surface area contributed by atoms with Crippen LogP contribution in [0.2, 0.25) is 0 Å². The van der Waals surface area contributed by atoms with Crippen LogP contribution in [0.3, 0.4) is 0 Å². The summed E-state index contributed by atoms with van der Waals surface area (Å²) in [6.07, 6.45) is 0. The van der Waals surface area contributed by atoms with Crippen molar-refractivity contribution in [3.8, 4) is 0 Å². The molecule has 3 aromatic rings. The van der Waals surface area contributed by atoms with Gasteiger partial charge in [-0.1, -0.05) is 23.9 Å². The summed E-state index contributed by atoms with van der Waals surface area (Å²) < 4.78 is 14.9. The van der Waals surface area contributed by atoms with Gasteiger partial charge >= 0.3 is 0 Å². The Morgan fingerprint density at radius 1 is 1.12 bits per heavy atom. The Labute approximate surface area is 153 Å². The third-order valence-corrected chi connectivity index (χ3v) is 4.67. The third kappa shape index (κ3) is 4.02. The summed E-state index contributed by atoms with van der Waals surface area (Å²) in [6, 6.07) is 12.8. The van der Waals surface area contributed by atoms with Gasteiger partial charge in [0.25, 0.3) is 5.91 Å². The number of hydrazine groups is 1. The molecule has 2 N–H and O–H groups in total. The predicted octanol–water partition coefficient (Wildman–Crippen LogP) is 2.75. The molecule has 0 bridgehead atoms. The van der Waals surface area contributed by atoms with Gasteiger partial charge in [-0.2, -0.15) is 0 Å². The van der Waals surface area contributed by atoms with Crippen molar-refractivity contribution < 1.29 is 14.0 Å². The van der Waals surface area contributed by atoms with Crippen LogP contribution in [0.1, 0.15) is 17.3 Å². The lowest BCUT2D eigenvalue weighted by molar-refractivity contribution is -0.119. The van der Waals surface area contributed by atoms with Crippen molar-refractivity contribution in [1.82, 2.24) is 20.4 Å². The molecule has 6 nitrogen and oxygen atoms in total. The number of aryl methyl sites for hydroxylation is 1. The van der Waals surface area contributed by atoms with Crippen LogP contribution in [0, 0.1) is 5.82 Å². The zero-order valence-electron chi connectivity index (χ0n) is 14.0. The number of thioether (sulfide) groups is 1. The first-order chi connectivity index (χ1) is 12.6. The Morgan fingerprint density at radius 3 is 2.58 bits per heavy atom. The second-order valence-electron chi connectivity index (χ2n) is 5.43. The topological polar surface area (TPSA) is 76.0 Å². The highest BCUT2D eigenvalue weighted by atomic mass is 32.2. The second-order valence-corrected chi connectivity index (χ2v) is 6.37. The summed E-state index contributed by atoms with van der Waals surface area (Å²) >= 11 is 1.29. The number of imidazole rings is 1. The van der Waals surface area contributed by atoms with Crippen LogP contribution in [0.5, 0.6) is 0 Å². The summed E-state index contributed by atoms with van der Waals surface area (Å²) in [4.78, 5) is 28.4. The van der Waals surface area contributed by atoms with Crippen LogP contribution in [0.15, 0.2) is 53.7 Å². The Balaban J connectivity index is 1.56. The van der Waals surface area contributed by atoms with Crippen LogP contribution in [-0.2, 0) is 11.3 Å². The van der Waals surface area contributed by atoms with Gasteiger partial charge in [-0.15, -0.1) is 0 Å². The van der Waals surface area contributed by atoms with Crippen molar-refractivity contribution in [2.75, 3.05) is 5.75 Å². The molecule has 8 heteroatoms. The molecule has 2 amide bonds. The minimum absolute atomic E-state index is 0.104. The molecule has 0 aliphatic carbocycles. The number of hydrogen-bond acceptors (Lipinski definition) is 4. The average molecular weight is 372 g/mol. The van der Waals surface area contributed by atoms with E-state index in [0.717, 1.165) is 22.7 Å². The fourth-order valence-corrected chi connectivity index (χ4v) is 3.31. The molecule has 0 saturated carbocycles. The van der Waals surface area contributed by atoms with E-state index >= 15 is 0 Å². The highest BCUT2D eigenvalue weighted by molar-refractivity contribution is 7.99. The molecular weight excluding hydrogens is 355 g/mol. The maximum Gasteiger partial charge on any atom is 0.269 e. The monoisotopic (exact) mass is 372 g/mol. The predicted molar refractivity (Wildman–Crippen MR) is 98.1 cm³/mol. The molecule has 134 valence electrons. The average Bonchev–Trinajstić information content (AvgIpc) is 3.02. The van der Waals surface area contributed by atoms with E-state index in [1.165, 1.54) is 36.0 Å². The van der Waals surface area contributed by atoms with Crippen LogP contribution in [-0.4, -0.2) is 27.1 Å². The van der Waals surface area contributed by atoms with Gasteiger partial charge in [-0.3, -0.25) is 20.4 Å². The number of hydrogen-bond donors (Lipinski definition) is 2. The van der Waals surface area contributed by atoms with E-state index in [1.54, 1.807) is 0 Å². The molecule has 0 radical (unpaired) electrons. The van der Waals surface area contributed by atoms with Crippen molar-refractivity contribution in [2.24, 2.45) is 0 Å². The van der Waals surface area contributed by atoms with Gasteiger partial charge in [0.1, 0.15) is 5.82 Å². The van der Waals surface area contributed by atoms with E-state index in [9.17, 15) is 14.0 Å². The SMILES string of the molecule is CCn1c(SCC(=O)NNC(=O)c2ccc(F)cc2)nc2ccccc21. The normalized spacial score (nSPS) is 10.7. The Bertz CT molecular complexity index is 940. The lowest BCUT2D eigenvalue weighted by Crippen LogP contribution is -2.42. The van der Waals surface area contributed by atoms with Gasteiger partial charge in [0.2, 0.25) is 5.91 Å². The molecule has 0 saturated heterocycles. The molecular formula is C18H17FN4O2S. The van der Waals surface area contributed by atoms with E-state index in [2.05, 4.69) is 15.8 Å². The minimum atomic E-state index is -0.510. The van der Waals surface area contributed by atoms with Crippen molar-refractivity contribution in [3.05, 3.63) is 59.9 Å². The van der Waals surface area contributed by atoms with E-state index in [0.29, 0.717) is 0 Å². The summed E-state index contributed by atoms with van der Waals surface area (Å²) in [7, 11) is 0.